The zero-order valence-corrected chi connectivity index (χ0v) is 14.3. The Hall–Kier alpha value is -2.55. The predicted molar refractivity (Wildman–Crippen MR) is 91.8 cm³/mol. The van der Waals surface area contributed by atoms with Crippen LogP contribution in [0.5, 0.6) is 0 Å². The first-order chi connectivity index (χ1) is 11.3. The van der Waals surface area contributed by atoms with Crippen molar-refractivity contribution in [3.63, 3.8) is 0 Å². The van der Waals surface area contributed by atoms with E-state index in [2.05, 4.69) is 10.2 Å². The van der Waals surface area contributed by atoms with E-state index in [1.54, 1.807) is 17.0 Å². The molecular weight excluding hydrogens is 307 g/mol. The maximum absolute atomic E-state index is 13.0. The fourth-order valence-corrected chi connectivity index (χ4v) is 2.42. The number of nitriles is 1. The Morgan fingerprint density at radius 2 is 1.79 bits per heavy atom. The Balaban J connectivity index is 1.97. The number of anilines is 1. The van der Waals surface area contributed by atoms with Crippen LogP contribution in [0.1, 0.15) is 20.8 Å². The van der Waals surface area contributed by atoms with Gasteiger partial charge in [-0.05, 0) is 45.0 Å². The SMILES string of the molecule is CC(C)(C)N/C=C(/C#N)C(=O)N1CCN(c2ccc(F)cc2)CC1. The lowest BCUT2D eigenvalue weighted by atomic mass is 10.1. The number of amides is 1. The zero-order chi connectivity index (χ0) is 17.7. The molecule has 1 amide bonds. The average Bonchev–Trinajstić information content (AvgIpc) is 2.55. The summed E-state index contributed by atoms with van der Waals surface area (Å²) in [5.41, 5.74) is 0.845. The quantitative estimate of drug-likeness (QED) is 0.682. The van der Waals surface area contributed by atoms with Gasteiger partial charge in [-0.1, -0.05) is 0 Å². The molecule has 0 radical (unpaired) electrons. The number of carbonyl (C=O) groups excluding carboxylic acids is 1. The summed E-state index contributed by atoms with van der Waals surface area (Å²) in [6, 6.07) is 8.31. The van der Waals surface area contributed by atoms with Crippen LogP contribution in [0, 0.1) is 17.1 Å². The summed E-state index contributed by atoms with van der Waals surface area (Å²) < 4.78 is 13.0. The minimum absolute atomic E-state index is 0.111. The second-order valence-corrected chi connectivity index (χ2v) is 6.82. The Bertz CT molecular complexity index is 647. The van der Waals surface area contributed by atoms with Gasteiger partial charge in [-0.3, -0.25) is 4.79 Å². The van der Waals surface area contributed by atoms with Gasteiger partial charge >= 0.3 is 0 Å². The number of piperazine rings is 1. The van der Waals surface area contributed by atoms with Crippen molar-refractivity contribution in [1.82, 2.24) is 10.2 Å². The van der Waals surface area contributed by atoms with Gasteiger partial charge in [0.05, 0.1) is 0 Å². The van der Waals surface area contributed by atoms with Gasteiger partial charge in [0.2, 0.25) is 0 Å². The number of halogens is 1. The number of carbonyl (C=O) groups is 1. The van der Waals surface area contributed by atoms with E-state index in [1.165, 1.54) is 18.3 Å². The summed E-state index contributed by atoms with van der Waals surface area (Å²) in [7, 11) is 0. The lowest BCUT2D eigenvalue weighted by Crippen LogP contribution is -2.49. The molecule has 0 unspecified atom stereocenters. The van der Waals surface area contributed by atoms with Crippen LogP contribution in [0.3, 0.4) is 0 Å². The normalized spacial score (nSPS) is 15.9. The summed E-state index contributed by atoms with van der Waals surface area (Å²) in [6.07, 6.45) is 1.49. The Morgan fingerprint density at radius 1 is 1.21 bits per heavy atom. The molecule has 5 nitrogen and oxygen atoms in total. The van der Waals surface area contributed by atoms with E-state index in [4.69, 9.17) is 0 Å². The molecular formula is C18H23FN4O. The third kappa shape index (κ3) is 4.72. The smallest absolute Gasteiger partial charge is 0.266 e. The van der Waals surface area contributed by atoms with Crippen molar-refractivity contribution >= 4 is 11.6 Å². The highest BCUT2D eigenvalue weighted by atomic mass is 19.1. The Labute approximate surface area is 142 Å². The van der Waals surface area contributed by atoms with Crippen LogP contribution in [-0.4, -0.2) is 42.5 Å². The van der Waals surface area contributed by atoms with Crippen LogP contribution >= 0.6 is 0 Å². The molecule has 1 aliphatic rings. The van der Waals surface area contributed by atoms with Gasteiger partial charge in [-0.25, -0.2) is 4.39 Å². The standard InChI is InChI=1S/C18H23FN4O/c1-18(2,3)21-13-14(12-20)17(24)23-10-8-22(9-11-23)16-6-4-15(19)5-7-16/h4-7,13,21H,8-11H2,1-3H3/b14-13-. The van der Waals surface area contributed by atoms with E-state index < -0.39 is 0 Å². The number of hydrogen-bond donors (Lipinski definition) is 1. The van der Waals surface area contributed by atoms with Crippen LogP contribution in [0.4, 0.5) is 10.1 Å². The summed E-state index contributed by atoms with van der Waals surface area (Å²) in [5.74, 6) is -0.518. The van der Waals surface area contributed by atoms with Gasteiger partial charge in [0, 0.05) is 43.6 Å². The molecule has 0 aliphatic carbocycles. The van der Waals surface area contributed by atoms with Crippen molar-refractivity contribution in [3.8, 4) is 6.07 Å². The molecule has 0 spiro atoms. The second kappa shape index (κ2) is 7.35. The molecule has 1 N–H and O–H groups in total. The first-order valence-electron chi connectivity index (χ1n) is 7.98. The molecule has 2 rings (SSSR count). The van der Waals surface area contributed by atoms with Gasteiger partial charge in [0.15, 0.2) is 0 Å². The van der Waals surface area contributed by atoms with Crippen molar-refractivity contribution in [2.75, 3.05) is 31.1 Å². The Morgan fingerprint density at radius 3 is 2.29 bits per heavy atom. The van der Waals surface area contributed by atoms with Gasteiger partial charge in [-0.2, -0.15) is 5.26 Å². The molecule has 0 bridgehead atoms. The van der Waals surface area contributed by atoms with Crippen molar-refractivity contribution < 1.29 is 9.18 Å². The number of nitrogens with zero attached hydrogens (tertiary/aromatic N) is 3. The summed E-state index contributed by atoms with van der Waals surface area (Å²) in [4.78, 5) is 16.2. The number of nitrogens with one attached hydrogen (secondary N) is 1. The highest BCUT2D eigenvalue weighted by molar-refractivity contribution is 5.97. The van der Waals surface area contributed by atoms with Crippen molar-refractivity contribution in [3.05, 3.63) is 41.9 Å². The van der Waals surface area contributed by atoms with Gasteiger partial charge in [0.25, 0.3) is 5.91 Å². The van der Waals surface area contributed by atoms with Crippen LogP contribution in [0.25, 0.3) is 0 Å². The van der Waals surface area contributed by atoms with E-state index in [-0.39, 0.29) is 22.8 Å². The summed E-state index contributed by atoms with van der Waals surface area (Å²) in [5, 5.41) is 12.3. The minimum atomic E-state index is -0.261. The molecule has 0 aromatic heterocycles. The van der Waals surface area contributed by atoms with Gasteiger partial charge in [-0.15, -0.1) is 0 Å². The largest absolute Gasteiger partial charge is 0.385 e. The van der Waals surface area contributed by atoms with Crippen molar-refractivity contribution in [2.24, 2.45) is 0 Å². The minimum Gasteiger partial charge on any atom is -0.385 e. The van der Waals surface area contributed by atoms with E-state index in [1.807, 2.05) is 26.8 Å². The van der Waals surface area contributed by atoms with E-state index in [0.717, 1.165) is 5.69 Å². The molecule has 1 aromatic rings. The van der Waals surface area contributed by atoms with Crippen LogP contribution in [0.2, 0.25) is 0 Å². The molecule has 0 saturated carbocycles. The van der Waals surface area contributed by atoms with E-state index in [9.17, 15) is 14.4 Å². The highest BCUT2D eigenvalue weighted by Crippen LogP contribution is 2.17. The van der Waals surface area contributed by atoms with Gasteiger partial charge < -0.3 is 15.1 Å². The fraction of sp³-hybridized carbons (Fsp3) is 0.444. The molecule has 128 valence electrons. The second-order valence-electron chi connectivity index (χ2n) is 6.82. The molecule has 1 saturated heterocycles. The van der Waals surface area contributed by atoms with Crippen molar-refractivity contribution in [2.45, 2.75) is 26.3 Å². The predicted octanol–water partition coefficient (Wildman–Crippen LogP) is 2.27. The number of hydrogen-bond acceptors (Lipinski definition) is 4. The lowest BCUT2D eigenvalue weighted by Gasteiger charge is -2.36. The molecule has 24 heavy (non-hydrogen) atoms. The third-order valence-electron chi connectivity index (χ3n) is 3.76. The number of rotatable bonds is 3. The van der Waals surface area contributed by atoms with Gasteiger partial charge in [0.1, 0.15) is 17.5 Å². The van der Waals surface area contributed by atoms with E-state index in [0.29, 0.717) is 26.2 Å². The fourth-order valence-electron chi connectivity index (χ4n) is 2.42. The summed E-state index contributed by atoms with van der Waals surface area (Å²) >= 11 is 0. The summed E-state index contributed by atoms with van der Waals surface area (Å²) in [6.45, 7) is 8.26. The Kier molecular flexibility index (Phi) is 5.45. The average molecular weight is 330 g/mol. The molecule has 0 atom stereocenters. The van der Waals surface area contributed by atoms with Crippen molar-refractivity contribution in [1.29, 1.82) is 5.26 Å². The highest BCUT2D eigenvalue weighted by Gasteiger charge is 2.24. The zero-order valence-electron chi connectivity index (χ0n) is 14.3. The maximum Gasteiger partial charge on any atom is 0.266 e. The van der Waals surface area contributed by atoms with Crippen LogP contribution < -0.4 is 10.2 Å². The van der Waals surface area contributed by atoms with E-state index >= 15 is 0 Å². The number of benzene rings is 1. The molecule has 1 fully saturated rings. The first-order valence-corrected chi connectivity index (χ1v) is 7.98. The molecule has 1 heterocycles. The molecule has 6 heteroatoms. The molecule has 1 aliphatic heterocycles. The maximum atomic E-state index is 13.0. The lowest BCUT2D eigenvalue weighted by molar-refractivity contribution is -0.127. The molecule has 1 aromatic carbocycles. The van der Waals surface area contributed by atoms with Crippen LogP contribution in [-0.2, 0) is 4.79 Å². The topological polar surface area (TPSA) is 59.4 Å². The third-order valence-corrected chi connectivity index (χ3v) is 3.76. The van der Waals surface area contributed by atoms with Crippen LogP contribution in [0.15, 0.2) is 36.0 Å². The monoisotopic (exact) mass is 330 g/mol. The first kappa shape index (κ1) is 17.8.